The molecule has 3 N–H and O–H groups in total. The number of ether oxygens (including phenoxy) is 2. The Morgan fingerprint density at radius 2 is 2.06 bits per heavy atom. The van der Waals surface area contributed by atoms with E-state index in [1.807, 2.05) is 0 Å². The summed E-state index contributed by atoms with van der Waals surface area (Å²) < 4.78 is 51.3. The van der Waals surface area contributed by atoms with Crippen molar-refractivity contribution in [3.8, 4) is 0 Å². The van der Waals surface area contributed by atoms with Gasteiger partial charge in [0.25, 0.3) is 5.91 Å². The number of aromatic nitrogens is 1. The Kier molecular flexibility index (Phi) is 6.38. The van der Waals surface area contributed by atoms with Crippen molar-refractivity contribution >= 4 is 39.4 Å². The van der Waals surface area contributed by atoms with Gasteiger partial charge in [0.1, 0.15) is 17.5 Å². The summed E-state index contributed by atoms with van der Waals surface area (Å²) in [6.45, 7) is 0.961. The smallest absolute Gasteiger partial charge is 0.417 e. The van der Waals surface area contributed by atoms with Gasteiger partial charge >= 0.3 is 12.3 Å². The molecular formula is C20H23F3N4O5S. The van der Waals surface area contributed by atoms with Gasteiger partial charge < -0.3 is 30.1 Å². The molecule has 2 fully saturated rings. The monoisotopic (exact) mass is 488 g/mol. The molecule has 2 aliphatic heterocycles. The molecule has 2 amide bonds. The van der Waals surface area contributed by atoms with Crippen LogP contribution in [0.3, 0.4) is 0 Å². The van der Waals surface area contributed by atoms with Gasteiger partial charge in [0, 0.05) is 38.4 Å². The third kappa shape index (κ3) is 4.99. The topological polar surface area (TPSA) is 113 Å². The second-order valence-electron chi connectivity index (χ2n) is 8.09. The van der Waals surface area contributed by atoms with Crippen LogP contribution in [0.25, 0.3) is 10.2 Å². The van der Waals surface area contributed by atoms with Crippen LogP contribution >= 0.6 is 11.3 Å². The number of alkyl carbamates (subject to hydrolysis) is 1. The highest BCUT2D eigenvalue weighted by atomic mass is 32.1. The average Bonchev–Trinajstić information content (AvgIpc) is 3.19. The first-order chi connectivity index (χ1) is 15.6. The largest absolute Gasteiger partial charge is 0.446 e. The van der Waals surface area contributed by atoms with E-state index in [0.29, 0.717) is 25.9 Å². The first kappa shape index (κ1) is 23.5. The Labute approximate surface area is 190 Å². The van der Waals surface area contributed by atoms with Crippen molar-refractivity contribution in [2.75, 3.05) is 44.8 Å². The number of carbonyl (C=O) groups is 2. The third-order valence-electron chi connectivity index (χ3n) is 5.63. The Morgan fingerprint density at radius 1 is 1.36 bits per heavy atom. The molecule has 0 radical (unpaired) electrons. The lowest BCUT2D eigenvalue weighted by atomic mass is 10.0. The van der Waals surface area contributed by atoms with Crippen LogP contribution in [0.2, 0.25) is 0 Å². The minimum atomic E-state index is -4.60. The van der Waals surface area contributed by atoms with E-state index in [1.165, 1.54) is 12.4 Å². The van der Waals surface area contributed by atoms with Crippen LogP contribution in [-0.4, -0.2) is 73.7 Å². The minimum Gasteiger partial charge on any atom is -0.446 e. The third-order valence-corrected chi connectivity index (χ3v) is 6.63. The number of halogens is 3. The predicted octanol–water partition coefficient (Wildman–Crippen LogP) is 2.13. The van der Waals surface area contributed by atoms with E-state index in [9.17, 15) is 27.9 Å². The van der Waals surface area contributed by atoms with Crippen molar-refractivity contribution in [1.29, 1.82) is 0 Å². The maximum Gasteiger partial charge on any atom is 0.417 e. The molecule has 9 nitrogen and oxygen atoms in total. The van der Waals surface area contributed by atoms with Crippen LogP contribution in [0.4, 0.5) is 23.8 Å². The summed E-state index contributed by atoms with van der Waals surface area (Å²) in [5.41, 5.74) is -1.80. The SMILES string of the molecule is CNC(=O)c1csc2c(C(F)(F)F)cc(N3CCC(OC(=O)NCC4(O)COC4)CC3)nc12. The summed E-state index contributed by atoms with van der Waals surface area (Å²) in [5, 5.41) is 16.2. The maximum absolute atomic E-state index is 13.7. The molecule has 2 aromatic rings. The first-order valence-corrected chi connectivity index (χ1v) is 11.2. The summed E-state index contributed by atoms with van der Waals surface area (Å²) in [5.74, 6) is -0.385. The zero-order chi connectivity index (χ0) is 23.8. The number of rotatable bonds is 5. The van der Waals surface area contributed by atoms with Crippen molar-refractivity contribution in [3.05, 3.63) is 22.6 Å². The lowest BCUT2D eigenvalue weighted by molar-refractivity contribution is -0.174. The average molecular weight is 488 g/mol. The molecule has 33 heavy (non-hydrogen) atoms. The van der Waals surface area contributed by atoms with Crippen LogP contribution in [0.15, 0.2) is 11.4 Å². The van der Waals surface area contributed by atoms with Crippen LogP contribution in [0.1, 0.15) is 28.8 Å². The van der Waals surface area contributed by atoms with E-state index in [0.717, 1.165) is 17.4 Å². The van der Waals surface area contributed by atoms with Crippen LogP contribution < -0.4 is 15.5 Å². The number of hydrogen-bond donors (Lipinski definition) is 3. The summed E-state index contributed by atoms with van der Waals surface area (Å²) in [6, 6.07) is 1.00. The molecule has 0 bridgehead atoms. The lowest BCUT2D eigenvalue weighted by Crippen LogP contribution is -2.57. The Morgan fingerprint density at radius 3 is 2.64 bits per heavy atom. The van der Waals surface area contributed by atoms with Gasteiger partial charge in [0.15, 0.2) is 0 Å². The Bertz CT molecular complexity index is 1050. The van der Waals surface area contributed by atoms with Gasteiger partial charge in [0.2, 0.25) is 0 Å². The zero-order valence-electron chi connectivity index (χ0n) is 17.7. The van der Waals surface area contributed by atoms with Crippen LogP contribution in [0.5, 0.6) is 0 Å². The van der Waals surface area contributed by atoms with Crippen molar-refractivity contribution < 1.29 is 37.3 Å². The second kappa shape index (κ2) is 8.95. The number of nitrogens with one attached hydrogen (secondary N) is 2. The van der Waals surface area contributed by atoms with E-state index < -0.39 is 35.4 Å². The molecule has 4 rings (SSSR count). The molecule has 0 atom stereocenters. The van der Waals surface area contributed by atoms with E-state index in [2.05, 4.69) is 15.6 Å². The fraction of sp³-hybridized carbons (Fsp3) is 0.550. The van der Waals surface area contributed by atoms with Crippen molar-refractivity contribution in [2.24, 2.45) is 0 Å². The predicted molar refractivity (Wildman–Crippen MR) is 113 cm³/mol. The molecule has 0 aromatic carbocycles. The highest BCUT2D eigenvalue weighted by molar-refractivity contribution is 7.17. The molecule has 2 aromatic heterocycles. The Balaban J connectivity index is 1.45. The van der Waals surface area contributed by atoms with E-state index >= 15 is 0 Å². The number of hydrogen-bond acceptors (Lipinski definition) is 8. The second-order valence-corrected chi connectivity index (χ2v) is 8.97. The molecule has 2 saturated heterocycles. The molecular weight excluding hydrogens is 465 g/mol. The van der Waals surface area contributed by atoms with Crippen molar-refractivity contribution in [1.82, 2.24) is 15.6 Å². The van der Waals surface area contributed by atoms with E-state index in [4.69, 9.17) is 9.47 Å². The normalized spacial score (nSPS) is 18.6. The number of nitrogens with zero attached hydrogens (tertiary/aromatic N) is 2. The lowest BCUT2D eigenvalue weighted by Gasteiger charge is -2.36. The number of aliphatic hydroxyl groups is 1. The minimum absolute atomic E-state index is 0.0137. The molecule has 180 valence electrons. The molecule has 0 unspecified atom stereocenters. The molecule has 13 heteroatoms. The highest BCUT2D eigenvalue weighted by Crippen LogP contribution is 2.40. The molecule has 0 aliphatic carbocycles. The number of amides is 2. The molecule has 2 aliphatic rings. The summed E-state index contributed by atoms with van der Waals surface area (Å²) in [4.78, 5) is 30.1. The van der Waals surface area contributed by atoms with Gasteiger partial charge in [-0.15, -0.1) is 11.3 Å². The molecule has 0 saturated carbocycles. The van der Waals surface area contributed by atoms with Gasteiger partial charge in [-0.3, -0.25) is 4.79 Å². The zero-order valence-corrected chi connectivity index (χ0v) is 18.5. The van der Waals surface area contributed by atoms with Crippen LogP contribution in [-0.2, 0) is 15.7 Å². The fourth-order valence-corrected chi connectivity index (χ4v) is 4.76. The summed E-state index contributed by atoms with van der Waals surface area (Å²) in [6.07, 6.45) is -4.89. The molecule has 0 spiro atoms. The summed E-state index contributed by atoms with van der Waals surface area (Å²) >= 11 is 0.834. The maximum atomic E-state index is 13.7. The van der Waals surface area contributed by atoms with Gasteiger partial charge in [-0.05, 0) is 6.07 Å². The summed E-state index contributed by atoms with van der Waals surface area (Å²) in [7, 11) is 1.40. The Hall–Kier alpha value is -2.64. The van der Waals surface area contributed by atoms with Gasteiger partial charge in [-0.2, -0.15) is 13.2 Å². The number of piperidine rings is 1. The van der Waals surface area contributed by atoms with E-state index in [1.54, 1.807) is 4.90 Å². The van der Waals surface area contributed by atoms with E-state index in [-0.39, 0.29) is 41.4 Å². The van der Waals surface area contributed by atoms with Crippen molar-refractivity contribution in [2.45, 2.75) is 30.7 Å². The fourth-order valence-electron chi connectivity index (χ4n) is 3.74. The highest BCUT2D eigenvalue weighted by Gasteiger charge is 2.37. The first-order valence-electron chi connectivity index (χ1n) is 10.3. The number of alkyl halides is 3. The number of pyridine rings is 1. The standard InChI is InChI=1S/C20H23F3N4O5S/c1-24-17(28)12-7-33-16-13(20(21,22)23)6-14(26-15(12)16)27-4-2-11(3-5-27)32-18(29)25-8-19(30)9-31-10-19/h6-7,11,30H,2-5,8-10H2,1H3,(H,24,28)(H,25,29). The quantitative estimate of drug-likeness (QED) is 0.591. The number of carbonyl (C=O) groups excluding carboxylic acids is 2. The molecule has 4 heterocycles. The van der Waals surface area contributed by atoms with Gasteiger partial charge in [-0.25, -0.2) is 9.78 Å². The number of fused-ring (bicyclic) bond motifs is 1. The van der Waals surface area contributed by atoms with Crippen LogP contribution in [0, 0.1) is 0 Å². The van der Waals surface area contributed by atoms with Gasteiger partial charge in [0.05, 0.1) is 41.1 Å². The van der Waals surface area contributed by atoms with Gasteiger partial charge in [-0.1, -0.05) is 0 Å². The number of thiophene rings is 1. The number of anilines is 1. The van der Waals surface area contributed by atoms with Crippen molar-refractivity contribution in [3.63, 3.8) is 0 Å².